The molecule has 0 radical (unpaired) electrons. The fourth-order valence-electron chi connectivity index (χ4n) is 3.45. The lowest BCUT2D eigenvalue weighted by atomic mass is 10.1. The van der Waals surface area contributed by atoms with Crippen LogP contribution in [0.25, 0.3) is 0 Å². The van der Waals surface area contributed by atoms with Crippen molar-refractivity contribution in [3.05, 3.63) is 24.0 Å². The Labute approximate surface area is 156 Å². The van der Waals surface area contributed by atoms with Crippen LogP contribution in [-0.2, 0) is 16.6 Å². The van der Waals surface area contributed by atoms with Crippen LogP contribution >= 0.6 is 12.2 Å². The molecule has 0 spiro atoms. The molecule has 25 heavy (non-hydrogen) atoms. The van der Waals surface area contributed by atoms with Crippen LogP contribution in [0.2, 0.25) is 0 Å². The Morgan fingerprint density at radius 2 is 2.16 bits per heavy atom. The number of carbonyl (C=O) groups excluding carboxylic acids is 1. The second-order valence-corrected chi connectivity index (χ2v) is 7.11. The summed E-state index contributed by atoms with van der Waals surface area (Å²) in [5, 5.41) is 4.29. The minimum absolute atomic E-state index is 0.126. The Bertz CT molecular complexity index is 559. The van der Waals surface area contributed by atoms with Crippen molar-refractivity contribution in [2.75, 3.05) is 20.2 Å². The molecule has 0 aliphatic carbocycles. The van der Waals surface area contributed by atoms with Crippen molar-refractivity contribution in [1.29, 1.82) is 0 Å². The number of aryl methyl sites for hydroxylation is 1. The van der Waals surface area contributed by atoms with Gasteiger partial charge in [-0.05, 0) is 50.0 Å². The van der Waals surface area contributed by atoms with Crippen LogP contribution in [0.4, 0.5) is 0 Å². The number of esters is 1. The maximum absolute atomic E-state index is 11.1. The van der Waals surface area contributed by atoms with Crippen LogP contribution in [0.5, 0.6) is 0 Å². The van der Waals surface area contributed by atoms with E-state index in [4.69, 9.17) is 12.2 Å². The van der Waals surface area contributed by atoms with Gasteiger partial charge in [0.2, 0.25) is 0 Å². The molecule has 2 heterocycles. The molecular formula is C19H31N3O2S. The van der Waals surface area contributed by atoms with Crippen LogP contribution in [-0.4, -0.2) is 40.7 Å². The summed E-state index contributed by atoms with van der Waals surface area (Å²) < 4.78 is 6.87. The normalized spacial score (nSPS) is 17.8. The highest BCUT2D eigenvalue weighted by molar-refractivity contribution is 7.80. The zero-order valence-corrected chi connectivity index (χ0v) is 16.3. The molecule has 0 saturated carbocycles. The zero-order valence-electron chi connectivity index (χ0n) is 15.5. The van der Waals surface area contributed by atoms with Gasteiger partial charge in [-0.25, -0.2) is 0 Å². The number of hydrogen-bond donors (Lipinski definition) is 1. The Kier molecular flexibility index (Phi) is 8.25. The minimum Gasteiger partial charge on any atom is -0.469 e. The number of methoxy groups -OCH3 is 1. The lowest BCUT2D eigenvalue weighted by Crippen LogP contribution is -2.42. The second-order valence-electron chi connectivity index (χ2n) is 6.72. The molecule has 5 nitrogen and oxygen atoms in total. The first-order valence-corrected chi connectivity index (χ1v) is 9.77. The largest absolute Gasteiger partial charge is 0.469 e. The molecule has 1 aliphatic rings. The van der Waals surface area contributed by atoms with Gasteiger partial charge >= 0.3 is 5.97 Å². The number of rotatable bonds is 7. The number of carbonyl (C=O) groups is 1. The van der Waals surface area contributed by atoms with Crippen LogP contribution in [0, 0.1) is 0 Å². The summed E-state index contributed by atoms with van der Waals surface area (Å²) in [6, 6.07) is 4.68. The summed E-state index contributed by atoms with van der Waals surface area (Å²) in [5.74, 6) is -0.126. The molecule has 0 amide bonds. The van der Waals surface area contributed by atoms with Gasteiger partial charge < -0.3 is 19.5 Å². The van der Waals surface area contributed by atoms with Gasteiger partial charge in [-0.1, -0.05) is 19.3 Å². The third-order valence-corrected chi connectivity index (χ3v) is 5.28. The molecule has 2 rings (SSSR count). The minimum atomic E-state index is -0.126. The summed E-state index contributed by atoms with van der Waals surface area (Å²) in [6.45, 7) is 1.88. The van der Waals surface area contributed by atoms with Crippen LogP contribution in [0.1, 0.15) is 63.1 Å². The molecule has 140 valence electrons. The molecule has 1 aromatic heterocycles. The van der Waals surface area contributed by atoms with Gasteiger partial charge in [0, 0.05) is 38.4 Å². The lowest BCUT2D eigenvalue weighted by Gasteiger charge is -2.33. The van der Waals surface area contributed by atoms with E-state index >= 15 is 0 Å². The van der Waals surface area contributed by atoms with E-state index in [0.29, 0.717) is 12.5 Å². The van der Waals surface area contributed by atoms with Crippen molar-refractivity contribution in [2.45, 2.75) is 57.4 Å². The Hall–Kier alpha value is -1.56. The average molecular weight is 366 g/mol. The molecule has 1 fully saturated rings. The monoisotopic (exact) mass is 365 g/mol. The topological polar surface area (TPSA) is 46.5 Å². The molecule has 0 aromatic carbocycles. The first kappa shape index (κ1) is 19.8. The summed E-state index contributed by atoms with van der Waals surface area (Å²) in [5.41, 5.74) is 1.34. The van der Waals surface area contributed by atoms with Crippen molar-refractivity contribution in [3.8, 4) is 0 Å². The number of nitrogens with zero attached hydrogens (tertiary/aromatic N) is 2. The molecule has 1 N–H and O–H groups in total. The summed E-state index contributed by atoms with van der Waals surface area (Å²) in [4.78, 5) is 13.5. The summed E-state index contributed by atoms with van der Waals surface area (Å²) in [7, 11) is 3.54. The highest BCUT2D eigenvalue weighted by Gasteiger charge is 2.26. The SMILES string of the molecule is COC(=O)CCCCCNC(=S)N1CCCCC[C@@H]1c1cccn1C. The highest BCUT2D eigenvalue weighted by atomic mass is 32.1. The standard InChI is InChI=1S/C19H31N3O2S/c1-21-14-9-11-16(21)17-10-5-4-8-15-22(17)19(25)20-13-7-3-6-12-18(23)24-2/h9,11,14,17H,3-8,10,12-13,15H2,1-2H3,(H,20,25)/t17-/m1/s1. The van der Waals surface area contributed by atoms with E-state index in [1.54, 1.807) is 0 Å². The van der Waals surface area contributed by atoms with Gasteiger partial charge in [0.1, 0.15) is 0 Å². The van der Waals surface area contributed by atoms with E-state index in [1.165, 1.54) is 32.1 Å². The van der Waals surface area contributed by atoms with Crippen LogP contribution in [0.15, 0.2) is 18.3 Å². The Morgan fingerprint density at radius 1 is 1.32 bits per heavy atom. The third kappa shape index (κ3) is 6.03. The van der Waals surface area contributed by atoms with Gasteiger partial charge in [0.05, 0.1) is 13.2 Å². The van der Waals surface area contributed by atoms with Crippen LogP contribution < -0.4 is 5.32 Å². The summed E-state index contributed by atoms with van der Waals surface area (Å²) >= 11 is 5.70. The number of thiocarbonyl (C=S) groups is 1. The Balaban J connectivity index is 1.81. The van der Waals surface area contributed by atoms with E-state index in [-0.39, 0.29) is 5.97 Å². The van der Waals surface area contributed by atoms with E-state index in [1.807, 2.05) is 0 Å². The second kappa shape index (κ2) is 10.4. The fraction of sp³-hybridized carbons (Fsp3) is 0.684. The number of nitrogens with one attached hydrogen (secondary N) is 1. The van der Waals surface area contributed by atoms with Crippen molar-refractivity contribution in [2.24, 2.45) is 7.05 Å². The molecule has 1 aliphatic heterocycles. The Morgan fingerprint density at radius 3 is 2.88 bits per heavy atom. The fourth-order valence-corrected chi connectivity index (χ4v) is 3.77. The molecular weight excluding hydrogens is 334 g/mol. The molecule has 1 atom stereocenters. The number of aromatic nitrogens is 1. The van der Waals surface area contributed by atoms with Gasteiger partial charge in [-0.2, -0.15) is 0 Å². The van der Waals surface area contributed by atoms with E-state index in [9.17, 15) is 4.79 Å². The highest BCUT2D eigenvalue weighted by Crippen LogP contribution is 2.30. The predicted octanol–water partition coefficient (Wildman–Crippen LogP) is 3.55. The van der Waals surface area contributed by atoms with Gasteiger partial charge in [-0.3, -0.25) is 4.79 Å². The lowest BCUT2D eigenvalue weighted by molar-refractivity contribution is -0.140. The number of unbranched alkanes of at least 4 members (excludes halogenated alkanes) is 2. The van der Waals surface area contributed by atoms with Crippen LogP contribution in [0.3, 0.4) is 0 Å². The maximum atomic E-state index is 11.1. The van der Waals surface area contributed by atoms with Gasteiger partial charge in [0.25, 0.3) is 0 Å². The third-order valence-electron chi connectivity index (χ3n) is 4.90. The summed E-state index contributed by atoms with van der Waals surface area (Å²) in [6.07, 6.45) is 10.4. The zero-order chi connectivity index (χ0) is 18.1. The quantitative estimate of drug-likeness (QED) is 0.455. The van der Waals surface area contributed by atoms with E-state index < -0.39 is 0 Å². The first-order chi connectivity index (χ1) is 12.1. The molecule has 1 aromatic rings. The van der Waals surface area contributed by atoms with Crippen molar-refractivity contribution >= 4 is 23.3 Å². The molecule has 1 saturated heterocycles. The first-order valence-electron chi connectivity index (χ1n) is 9.36. The van der Waals surface area contributed by atoms with Gasteiger partial charge in [-0.15, -0.1) is 0 Å². The van der Waals surface area contributed by atoms with Crippen molar-refractivity contribution in [1.82, 2.24) is 14.8 Å². The number of hydrogen-bond acceptors (Lipinski definition) is 3. The molecule has 6 heteroatoms. The number of likely N-dealkylation sites (tertiary alicyclic amines) is 1. The smallest absolute Gasteiger partial charge is 0.305 e. The predicted molar refractivity (Wildman–Crippen MR) is 104 cm³/mol. The van der Waals surface area contributed by atoms with Gasteiger partial charge in [0.15, 0.2) is 5.11 Å². The maximum Gasteiger partial charge on any atom is 0.305 e. The van der Waals surface area contributed by atoms with Crippen molar-refractivity contribution in [3.63, 3.8) is 0 Å². The number of ether oxygens (including phenoxy) is 1. The molecule has 0 bridgehead atoms. The van der Waals surface area contributed by atoms with E-state index in [2.05, 4.69) is 44.9 Å². The van der Waals surface area contributed by atoms with E-state index in [0.717, 1.165) is 43.9 Å². The molecule has 0 unspecified atom stereocenters. The average Bonchev–Trinajstić information content (AvgIpc) is 2.89. The van der Waals surface area contributed by atoms with Crippen molar-refractivity contribution < 1.29 is 9.53 Å².